The van der Waals surface area contributed by atoms with Crippen molar-refractivity contribution in [1.29, 1.82) is 0 Å². The fourth-order valence-electron chi connectivity index (χ4n) is 3.55. The molecule has 1 heterocycles. The highest BCUT2D eigenvalue weighted by atomic mass is 15.2. The van der Waals surface area contributed by atoms with Crippen LogP contribution in [0.25, 0.3) is 0 Å². The average molecular weight is 250 g/mol. The molecule has 18 heavy (non-hydrogen) atoms. The van der Waals surface area contributed by atoms with E-state index in [1.165, 1.54) is 64.8 Å². The number of nitrogens with zero attached hydrogens (tertiary/aromatic N) is 1. The molecule has 0 radical (unpaired) electrons. The van der Waals surface area contributed by atoms with Gasteiger partial charge < -0.3 is 10.2 Å². The van der Waals surface area contributed by atoms with E-state index >= 15 is 0 Å². The van der Waals surface area contributed by atoms with Crippen molar-refractivity contribution in [2.75, 3.05) is 32.7 Å². The van der Waals surface area contributed by atoms with E-state index in [2.05, 4.69) is 24.1 Å². The summed E-state index contributed by atoms with van der Waals surface area (Å²) in [7, 11) is 0. The van der Waals surface area contributed by atoms with E-state index in [4.69, 9.17) is 0 Å². The minimum atomic E-state index is 0.559. The summed E-state index contributed by atoms with van der Waals surface area (Å²) in [6, 6.07) is 0. The first-order valence-corrected chi connectivity index (χ1v) is 8.11. The van der Waals surface area contributed by atoms with Gasteiger partial charge in [-0.3, -0.25) is 0 Å². The van der Waals surface area contributed by atoms with Crippen LogP contribution in [0.15, 0.2) is 0 Å². The summed E-state index contributed by atoms with van der Waals surface area (Å²) in [6.07, 6.45) is 7.36. The van der Waals surface area contributed by atoms with Gasteiger partial charge in [0.05, 0.1) is 0 Å². The van der Waals surface area contributed by atoms with Gasteiger partial charge in [-0.25, -0.2) is 0 Å². The van der Waals surface area contributed by atoms with E-state index in [1.54, 1.807) is 0 Å². The van der Waals surface area contributed by atoms with Crippen molar-refractivity contribution in [3.05, 3.63) is 0 Å². The third-order valence-corrected chi connectivity index (χ3v) is 5.47. The molecule has 2 aliphatic carbocycles. The third kappa shape index (κ3) is 3.08. The van der Waals surface area contributed by atoms with E-state index in [9.17, 15) is 0 Å². The molecule has 3 fully saturated rings. The smallest absolute Gasteiger partial charge is 0.00533 e. The monoisotopic (exact) mass is 250 g/mol. The SMILES string of the molecule is CC(C)C1(CN(CC2CC2)CC2CC2)CCNC1. The van der Waals surface area contributed by atoms with Crippen LogP contribution in [-0.4, -0.2) is 37.6 Å². The van der Waals surface area contributed by atoms with Gasteiger partial charge in [0.2, 0.25) is 0 Å². The predicted octanol–water partition coefficient (Wildman–Crippen LogP) is 2.74. The van der Waals surface area contributed by atoms with Crippen molar-refractivity contribution in [2.24, 2.45) is 23.2 Å². The van der Waals surface area contributed by atoms with E-state index in [0.717, 1.165) is 17.8 Å². The first-order valence-electron chi connectivity index (χ1n) is 8.11. The highest BCUT2D eigenvalue weighted by Crippen LogP contribution is 2.39. The van der Waals surface area contributed by atoms with Crippen LogP contribution in [0, 0.1) is 23.2 Å². The largest absolute Gasteiger partial charge is 0.316 e. The Morgan fingerprint density at radius 1 is 1.11 bits per heavy atom. The molecule has 0 spiro atoms. The minimum absolute atomic E-state index is 0.559. The summed E-state index contributed by atoms with van der Waals surface area (Å²) in [5, 5.41) is 3.61. The molecule has 1 atom stereocenters. The summed E-state index contributed by atoms with van der Waals surface area (Å²) in [5.74, 6) is 2.90. The maximum absolute atomic E-state index is 3.61. The minimum Gasteiger partial charge on any atom is -0.316 e. The Hall–Kier alpha value is -0.0800. The van der Waals surface area contributed by atoms with Crippen molar-refractivity contribution < 1.29 is 0 Å². The Balaban J connectivity index is 1.60. The molecular weight excluding hydrogens is 220 g/mol. The van der Waals surface area contributed by atoms with Crippen molar-refractivity contribution in [1.82, 2.24) is 10.2 Å². The molecule has 1 unspecified atom stereocenters. The van der Waals surface area contributed by atoms with E-state index in [1.807, 2.05) is 0 Å². The summed E-state index contributed by atoms with van der Waals surface area (Å²) >= 11 is 0. The molecule has 0 amide bonds. The second-order valence-electron chi connectivity index (χ2n) is 7.52. The zero-order valence-corrected chi connectivity index (χ0v) is 12.3. The highest BCUT2D eigenvalue weighted by Gasteiger charge is 2.40. The molecule has 1 saturated heterocycles. The molecule has 0 aromatic rings. The molecule has 2 nitrogen and oxygen atoms in total. The predicted molar refractivity (Wildman–Crippen MR) is 76.6 cm³/mol. The molecule has 0 bridgehead atoms. The average Bonchev–Trinajstić information content (AvgIpc) is 3.23. The fourth-order valence-corrected chi connectivity index (χ4v) is 3.55. The van der Waals surface area contributed by atoms with Crippen LogP contribution in [0.5, 0.6) is 0 Å². The van der Waals surface area contributed by atoms with Gasteiger partial charge in [0.25, 0.3) is 0 Å². The van der Waals surface area contributed by atoms with Gasteiger partial charge in [0.1, 0.15) is 0 Å². The Kier molecular flexibility index (Phi) is 3.68. The zero-order chi connectivity index (χ0) is 12.6. The van der Waals surface area contributed by atoms with Crippen LogP contribution < -0.4 is 5.32 Å². The van der Waals surface area contributed by atoms with Crippen LogP contribution in [0.4, 0.5) is 0 Å². The Morgan fingerprint density at radius 2 is 1.72 bits per heavy atom. The quantitative estimate of drug-likeness (QED) is 0.747. The first-order chi connectivity index (χ1) is 8.68. The molecule has 0 aromatic carbocycles. The molecule has 3 aliphatic rings. The molecular formula is C16H30N2. The molecule has 2 saturated carbocycles. The molecule has 3 rings (SSSR count). The fraction of sp³-hybridized carbons (Fsp3) is 1.00. The standard InChI is InChI=1S/C16H30N2/c1-13(2)16(7-8-17-11-16)12-18(9-14-3-4-14)10-15-5-6-15/h13-15,17H,3-12H2,1-2H3. The first kappa shape index (κ1) is 12.9. The second kappa shape index (κ2) is 5.13. The van der Waals surface area contributed by atoms with Crippen molar-refractivity contribution in [3.8, 4) is 0 Å². The van der Waals surface area contributed by atoms with Crippen LogP contribution in [0.1, 0.15) is 46.0 Å². The van der Waals surface area contributed by atoms with Gasteiger partial charge in [0, 0.05) is 26.2 Å². The summed E-state index contributed by atoms with van der Waals surface area (Å²) in [4.78, 5) is 2.84. The van der Waals surface area contributed by atoms with Gasteiger partial charge in [-0.15, -0.1) is 0 Å². The lowest BCUT2D eigenvalue weighted by atomic mass is 9.76. The van der Waals surface area contributed by atoms with Gasteiger partial charge in [0.15, 0.2) is 0 Å². The maximum Gasteiger partial charge on any atom is 0.00533 e. The van der Waals surface area contributed by atoms with Crippen LogP contribution >= 0.6 is 0 Å². The van der Waals surface area contributed by atoms with Crippen LogP contribution in [0.2, 0.25) is 0 Å². The van der Waals surface area contributed by atoms with Crippen LogP contribution in [-0.2, 0) is 0 Å². The molecule has 1 N–H and O–H groups in total. The third-order valence-electron chi connectivity index (χ3n) is 5.47. The van der Waals surface area contributed by atoms with Gasteiger partial charge >= 0.3 is 0 Å². The highest BCUT2D eigenvalue weighted by molar-refractivity contribution is 4.94. The van der Waals surface area contributed by atoms with Gasteiger partial charge in [-0.05, 0) is 61.8 Å². The Labute approximate surface area is 113 Å². The van der Waals surface area contributed by atoms with Crippen molar-refractivity contribution in [3.63, 3.8) is 0 Å². The summed E-state index contributed by atoms with van der Waals surface area (Å²) in [5.41, 5.74) is 0.559. The lowest BCUT2D eigenvalue weighted by molar-refractivity contribution is 0.110. The van der Waals surface area contributed by atoms with Crippen LogP contribution in [0.3, 0.4) is 0 Å². The summed E-state index contributed by atoms with van der Waals surface area (Å²) < 4.78 is 0. The molecule has 0 aromatic heterocycles. The number of nitrogens with one attached hydrogen (secondary N) is 1. The Morgan fingerprint density at radius 3 is 2.11 bits per heavy atom. The lowest BCUT2D eigenvalue weighted by Crippen LogP contribution is -2.44. The zero-order valence-electron chi connectivity index (χ0n) is 12.3. The number of hydrogen-bond donors (Lipinski definition) is 1. The van der Waals surface area contributed by atoms with E-state index < -0.39 is 0 Å². The number of hydrogen-bond acceptors (Lipinski definition) is 2. The molecule has 2 heteroatoms. The van der Waals surface area contributed by atoms with Gasteiger partial charge in [-0.2, -0.15) is 0 Å². The number of rotatable bonds is 7. The normalized spacial score (nSPS) is 32.7. The van der Waals surface area contributed by atoms with E-state index in [0.29, 0.717) is 5.41 Å². The molecule has 104 valence electrons. The maximum atomic E-state index is 3.61. The topological polar surface area (TPSA) is 15.3 Å². The van der Waals surface area contributed by atoms with Gasteiger partial charge in [-0.1, -0.05) is 13.8 Å². The Bertz CT molecular complexity index is 259. The summed E-state index contributed by atoms with van der Waals surface area (Å²) in [6.45, 7) is 11.5. The van der Waals surface area contributed by atoms with Crippen molar-refractivity contribution in [2.45, 2.75) is 46.0 Å². The second-order valence-corrected chi connectivity index (χ2v) is 7.52. The van der Waals surface area contributed by atoms with Crippen molar-refractivity contribution >= 4 is 0 Å². The lowest BCUT2D eigenvalue weighted by Gasteiger charge is -2.38. The molecule has 1 aliphatic heterocycles. The van der Waals surface area contributed by atoms with E-state index in [-0.39, 0.29) is 0 Å².